The summed E-state index contributed by atoms with van der Waals surface area (Å²) in [6.45, 7) is 0. The topological polar surface area (TPSA) is 136 Å². The summed E-state index contributed by atoms with van der Waals surface area (Å²) in [5, 5.41) is 0. The number of primary amides is 1. The van der Waals surface area contributed by atoms with Gasteiger partial charge in [-0.25, -0.2) is 0 Å². The second-order valence-electron chi connectivity index (χ2n) is 1.73. The Labute approximate surface area is 101 Å². The van der Waals surface area contributed by atoms with E-state index in [1.54, 1.807) is 0 Å². The zero-order valence-corrected chi connectivity index (χ0v) is 9.97. The number of imidazole rings is 1. The molecule has 0 bridgehead atoms. The van der Waals surface area contributed by atoms with Crippen molar-refractivity contribution in [2.24, 2.45) is 11.6 Å². The molecular weight excluding hydrogens is 249 g/mol. The van der Waals surface area contributed by atoms with Crippen molar-refractivity contribution in [1.82, 2.24) is 9.97 Å². The molecule has 0 spiro atoms. The molecule has 0 unspecified atom stereocenters. The number of nitrogens with two attached hydrogens (primary N) is 3. The van der Waals surface area contributed by atoms with E-state index in [0.717, 1.165) is 0 Å². The molecule has 7 nitrogen and oxygen atoms in total. The Bertz CT molecular complexity index is 249. The molecule has 0 saturated carbocycles. The molecular formula is C5H10N6OY-2. The number of carbonyl (C=O) groups excluding carboxylic acids is 1. The number of aromatic nitrogens is 2. The van der Waals surface area contributed by atoms with Crippen LogP contribution in [0.2, 0.25) is 0 Å². The number of nitrogens with zero attached hydrogens (tertiary/aromatic N) is 3. The predicted octanol–water partition coefficient (Wildman–Crippen LogP) is -1.42. The van der Waals surface area contributed by atoms with E-state index in [4.69, 9.17) is 11.5 Å². The standard InChI is InChI=1S/C4H6N4O.CH5N2.Y/c5-3-2(4(6)9)7-1-8-3;1-3-2;/h1H,(H5,5,6,7,8,9);2H2,1H3;/q;-1;/p-1. The minimum absolute atomic E-state index is 0. The van der Waals surface area contributed by atoms with Crippen LogP contribution in [0.3, 0.4) is 0 Å². The fourth-order valence-electron chi connectivity index (χ4n) is 0.466. The summed E-state index contributed by atoms with van der Waals surface area (Å²) >= 11 is 0. The molecule has 71 valence electrons. The number of hydrogen-bond acceptors (Lipinski definition) is 4. The first-order chi connectivity index (χ1) is 5.63. The van der Waals surface area contributed by atoms with E-state index in [9.17, 15) is 4.79 Å². The van der Waals surface area contributed by atoms with E-state index in [1.807, 2.05) is 0 Å². The van der Waals surface area contributed by atoms with Gasteiger partial charge in [-0.05, 0) is 6.33 Å². The quantitative estimate of drug-likeness (QED) is 0.420. The Morgan fingerprint density at radius 2 is 2.15 bits per heavy atom. The van der Waals surface area contributed by atoms with Gasteiger partial charge in [0, 0.05) is 38.5 Å². The minimum Gasteiger partial charge on any atom is -0.603 e. The van der Waals surface area contributed by atoms with Gasteiger partial charge in [0.1, 0.15) is 0 Å². The largest absolute Gasteiger partial charge is 0.603 e. The van der Waals surface area contributed by atoms with E-state index < -0.39 is 5.91 Å². The Morgan fingerprint density at radius 3 is 2.31 bits per heavy atom. The maximum Gasteiger partial charge on any atom is 0.252 e. The maximum absolute atomic E-state index is 10.3. The van der Waals surface area contributed by atoms with Crippen molar-refractivity contribution in [1.29, 1.82) is 0 Å². The molecule has 0 atom stereocenters. The van der Waals surface area contributed by atoms with Gasteiger partial charge < -0.3 is 32.7 Å². The molecule has 1 heterocycles. The first-order valence-corrected chi connectivity index (χ1v) is 2.95. The molecule has 6 N–H and O–H groups in total. The van der Waals surface area contributed by atoms with Crippen LogP contribution in [0.5, 0.6) is 0 Å². The summed E-state index contributed by atoms with van der Waals surface area (Å²) in [6, 6.07) is 0. The van der Waals surface area contributed by atoms with Gasteiger partial charge in [0.25, 0.3) is 5.91 Å². The molecule has 0 saturated heterocycles. The summed E-state index contributed by atoms with van der Waals surface area (Å²) in [5.41, 5.74) is 13.0. The van der Waals surface area contributed by atoms with Crippen molar-refractivity contribution in [2.45, 2.75) is 0 Å². The van der Waals surface area contributed by atoms with Crippen molar-refractivity contribution in [2.75, 3.05) is 12.8 Å². The smallest absolute Gasteiger partial charge is 0.252 e. The Kier molecular flexibility index (Phi) is 9.37. The fourth-order valence-corrected chi connectivity index (χ4v) is 0.466. The third kappa shape index (κ3) is 5.70. The maximum atomic E-state index is 10.3. The van der Waals surface area contributed by atoms with E-state index in [1.165, 1.54) is 13.4 Å². The van der Waals surface area contributed by atoms with Crippen LogP contribution in [0.1, 0.15) is 10.5 Å². The van der Waals surface area contributed by atoms with Gasteiger partial charge in [-0.3, -0.25) is 4.79 Å². The van der Waals surface area contributed by atoms with Crippen molar-refractivity contribution in [3.8, 4) is 0 Å². The van der Waals surface area contributed by atoms with E-state index in [2.05, 4.69) is 21.2 Å². The second kappa shape index (κ2) is 8.12. The number of amides is 1. The van der Waals surface area contributed by atoms with E-state index in [0.29, 0.717) is 0 Å². The number of rotatable bonds is 1. The number of anilines is 1. The van der Waals surface area contributed by atoms with Crippen molar-refractivity contribution < 1.29 is 37.5 Å². The zero-order chi connectivity index (χ0) is 9.56. The van der Waals surface area contributed by atoms with Crippen molar-refractivity contribution in [3.63, 3.8) is 0 Å². The molecule has 1 aromatic rings. The first-order valence-electron chi connectivity index (χ1n) is 2.95. The SMILES string of the molecule is C[N-]N.NC(=O)c1nc[n-]c1N.[Y]. The molecule has 0 aliphatic heterocycles. The Morgan fingerprint density at radius 1 is 1.69 bits per heavy atom. The van der Waals surface area contributed by atoms with Crippen LogP contribution < -0.4 is 22.3 Å². The van der Waals surface area contributed by atoms with Crippen LogP contribution in [-0.4, -0.2) is 17.9 Å². The van der Waals surface area contributed by atoms with Crippen LogP contribution in [0.4, 0.5) is 5.82 Å². The Hall–Kier alpha value is -0.496. The van der Waals surface area contributed by atoms with Crippen LogP contribution in [0.15, 0.2) is 6.33 Å². The molecule has 1 radical (unpaired) electrons. The number of carbonyl (C=O) groups is 1. The second-order valence-corrected chi connectivity index (χ2v) is 1.73. The molecule has 13 heavy (non-hydrogen) atoms. The van der Waals surface area contributed by atoms with E-state index >= 15 is 0 Å². The average molecular weight is 259 g/mol. The number of hydrogen-bond donors (Lipinski definition) is 3. The monoisotopic (exact) mass is 259 g/mol. The summed E-state index contributed by atoms with van der Waals surface area (Å²) in [5.74, 6) is 3.91. The van der Waals surface area contributed by atoms with Gasteiger partial charge in [-0.15, -0.1) is 0 Å². The zero-order valence-electron chi connectivity index (χ0n) is 7.14. The summed E-state index contributed by atoms with van der Waals surface area (Å²) < 4.78 is 0. The van der Waals surface area contributed by atoms with Crippen LogP contribution >= 0.6 is 0 Å². The molecule has 0 aliphatic carbocycles. The van der Waals surface area contributed by atoms with Crippen molar-refractivity contribution in [3.05, 3.63) is 17.4 Å². The molecule has 1 amide bonds. The molecule has 1 rings (SSSR count). The van der Waals surface area contributed by atoms with E-state index in [-0.39, 0.29) is 44.2 Å². The molecule has 0 fully saturated rings. The van der Waals surface area contributed by atoms with Gasteiger partial charge in [0.05, 0.1) is 5.69 Å². The summed E-state index contributed by atoms with van der Waals surface area (Å²) in [7, 11) is 1.53. The molecule has 8 heteroatoms. The van der Waals surface area contributed by atoms with Gasteiger partial charge in [0.15, 0.2) is 0 Å². The normalized spacial score (nSPS) is 7.85. The van der Waals surface area contributed by atoms with Crippen molar-refractivity contribution >= 4 is 11.7 Å². The third-order valence-corrected chi connectivity index (χ3v) is 0.860. The van der Waals surface area contributed by atoms with Crippen LogP contribution in [-0.2, 0) is 32.7 Å². The third-order valence-electron chi connectivity index (χ3n) is 0.860. The predicted molar refractivity (Wildman–Crippen MR) is 44.0 cm³/mol. The number of nitrogen functional groups attached to an aromatic ring is 1. The van der Waals surface area contributed by atoms with Gasteiger partial charge >= 0.3 is 0 Å². The van der Waals surface area contributed by atoms with Crippen LogP contribution in [0, 0.1) is 0 Å². The average Bonchev–Trinajstić information content (AvgIpc) is 2.36. The molecule has 0 aromatic carbocycles. The summed E-state index contributed by atoms with van der Waals surface area (Å²) in [4.78, 5) is 17.3. The van der Waals surface area contributed by atoms with Gasteiger partial charge in [0.2, 0.25) is 0 Å². The van der Waals surface area contributed by atoms with Crippen LogP contribution in [0.25, 0.3) is 5.43 Å². The minimum atomic E-state index is -0.648. The first kappa shape index (κ1) is 15.0. The van der Waals surface area contributed by atoms with Gasteiger partial charge in [-0.1, -0.05) is 0 Å². The summed E-state index contributed by atoms with van der Waals surface area (Å²) in [6.07, 6.45) is 1.19. The van der Waals surface area contributed by atoms with Gasteiger partial charge in [-0.2, -0.15) is 7.05 Å². The molecule has 0 aliphatic rings. The Balaban J connectivity index is 0. The fraction of sp³-hybridized carbons (Fsp3) is 0.200. The molecule has 1 aromatic heterocycles.